The molecule has 3 heteroatoms. The molecule has 0 aliphatic heterocycles. The summed E-state index contributed by atoms with van der Waals surface area (Å²) in [4.78, 5) is 9.23. The fraction of sp³-hybridized carbons (Fsp3) is 0.700. The Morgan fingerprint density at radius 1 is 1.38 bits per heavy atom. The van der Waals surface area contributed by atoms with Crippen molar-refractivity contribution in [3.8, 4) is 0 Å². The molecule has 3 nitrogen and oxygen atoms in total. The molecule has 1 saturated carbocycles. The summed E-state index contributed by atoms with van der Waals surface area (Å²) < 4.78 is 4.05. The Bertz CT molecular complexity index is 165. The third kappa shape index (κ3) is 3.59. The number of aliphatic hydroxyl groups is 1. The highest BCUT2D eigenvalue weighted by Gasteiger charge is 2.25. The average molecular weight is 184 g/mol. The van der Waals surface area contributed by atoms with Gasteiger partial charge in [0.05, 0.1) is 6.61 Å². The minimum absolute atomic E-state index is 0.0985. The van der Waals surface area contributed by atoms with E-state index in [0.29, 0.717) is 6.47 Å². The molecule has 0 aromatic rings. The Morgan fingerprint density at radius 2 is 2.00 bits per heavy atom. The van der Waals surface area contributed by atoms with Gasteiger partial charge in [-0.15, -0.1) is 0 Å². The second-order valence-electron chi connectivity index (χ2n) is 3.41. The first-order valence-electron chi connectivity index (χ1n) is 4.71. The van der Waals surface area contributed by atoms with Gasteiger partial charge in [0.15, 0.2) is 0 Å². The van der Waals surface area contributed by atoms with Crippen molar-refractivity contribution in [2.45, 2.75) is 19.3 Å². The van der Waals surface area contributed by atoms with Crippen LogP contribution in [0.1, 0.15) is 19.3 Å². The maximum Gasteiger partial charge on any atom is 0.293 e. The predicted molar refractivity (Wildman–Crippen MR) is 49.1 cm³/mol. The number of carbonyl (C=O) groups is 1. The Kier molecular flexibility index (Phi) is 4.54. The molecule has 0 amide bonds. The Labute approximate surface area is 78.4 Å². The molecule has 13 heavy (non-hydrogen) atoms. The Hall–Kier alpha value is -0.830. The van der Waals surface area contributed by atoms with Crippen LogP contribution < -0.4 is 0 Å². The first-order valence-corrected chi connectivity index (χ1v) is 4.71. The van der Waals surface area contributed by atoms with Crippen molar-refractivity contribution in [1.82, 2.24) is 0 Å². The number of hydrogen-bond acceptors (Lipinski definition) is 3. The summed E-state index contributed by atoms with van der Waals surface area (Å²) in [5, 5.41) is 7.91. The molecule has 1 fully saturated rings. The Morgan fingerprint density at radius 3 is 2.15 bits per heavy atom. The minimum atomic E-state index is -0.0985. The molecule has 2 aliphatic carbocycles. The zero-order valence-electron chi connectivity index (χ0n) is 7.69. The van der Waals surface area contributed by atoms with Gasteiger partial charge in [-0.2, -0.15) is 0 Å². The summed E-state index contributed by atoms with van der Waals surface area (Å²) in [5.41, 5.74) is 0. The van der Waals surface area contributed by atoms with Crippen LogP contribution in [-0.4, -0.2) is 24.8 Å². The first kappa shape index (κ1) is 10.3. The topological polar surface area (TPSA) is 46.5 Å². The van der Waals surface area contributed by atoms with E-state index >= 15 is 0 Å². The van der Waals surface area contributed by atoms with Crippen LogP contribution in [0, 0.1) is 11.8 Å². The highest BCUT2D eigenvalue weighted by molar-refractivity contribution is 5.36. The molecular weight excluding hydrogens is 168 g/mol. The van der Waals surface area contributed by atoms with Crippen molar-refractivity contribution < 1.29 is 14.6 Å². The zero-order valence-corrected chi connectivity index (χ0v) is 7.69. The van der Waals surface area contributed by atoms with Crippen molar-refractivity contribution >= 4 is 6.47 Å². The number of aliphatic hydroxyl groups excluding tert-OH is 1. The maximum absolute atomic E-state index is 9.23. The summed E-state index contributed by atoms with van der Waals surface area (Å²) in [5.74, 6) is 1.98. The molecule has 2 aliphatic rings. The Balaban J connectivity index is 0.000000133. The van der Waals surface area contributed by atoms with E-state index in [2.05, 4.69) is 16.9 Å². The van der Waals surface area contributed by atoms with Gasteiger partial charge in [0.2, 0.25) is 0 Å². The number of hydrogen-bond donors (Lipinski definition) is 1. The largest absolute Gasteiger partial charge is 0.465 e. The SMILES string of the molecule is C1=CC2CCC1C2.O=COCCO. The quantitative estimate of drug-likeness (QED) is 0.406. The van der Waals surface area contributed by atoms with E-state index in [1.165, 1.54) is 19.3 Å². The monoisotopic (exact) mass is 184 g/mol. The van der Waals surface area contributed by atoms with E-state index in [1.54, 1.807) is 0 Å². The molecule has 2 unspecified atom stereocenters. The summed E-state index contributed by atoms with van der Waals surface area (Å²) in [7, 11) is 0. The van der Waals surface area contributed by atoms with E-state index in [9.17, 15) is 4.79 Å². The lowest BCUT2D eigenvalue weighted by Gasteiger charge is -1.96. The molecule has 0 heterocycles. The van der Waals surface area contributed by atoms with E-state index < -0.39 is 0 Å². The predicted octanol–water partition coefficient (Wildman–Crippen LogP) is 1.12. The molecule has 0 aromatic carbocycles. The second kappa shape index (κ2) is 5.75. The van der Waals surface area contributed by atoms with Crippen LogP contribution in [0.25, 0.3) is 0 Å². The molecular formula is C10H16O3. The van der Waals surface area contributed by atoms with Crippen molar-refractivity contribution in [1.29, 1.82) is 0 Å². The van der Waals surface area contributed by atoms with Gasteiger partial charge in [0.25, 0.3) is 6.47 Å². The van der Waals surface area contributed by atoms with Crippen LogP contribution in [0.3, 0.4) is 0 Å². The van der Waals surface area contributed by atoms with Crippen molar-refractivity contribution in [2.24, 2.45) is 11.8 Å². The lowest BCUT2D eigenvalue weighted by atomic mass is 10.1. The van der Waals surface area contributed by atoms with Crippen LogP contribution in [0.2, 0.25) is 0 Å². The minimum Gasteiger partial charge on any atom is -0.465 e. The van der Waals surface area contributed by atoms with Gasteiger partial charge in [0, 0.05) is 0 Å². The highest BCUT2D eigenvalue weighted by Crippen LogP contribution is 2.38. The van der Waals surface area contributed by atoms with Gasteiger partial charge < -0.3 is 9.84 Å². The van der Waals surface area contributed by atoms with Crippen LogP contribution >= 0.6 is 0 Å². The standard InChI is InChI=1S/C7H10.C3H6O3/c1-2-7-4-3-6(1)5-7;4-1-2-6-3-5/h1-2,6-7H,3-5H2;3-4H,1-2H2. The van der Waals surface area contributed by atoms with Gasteiger partial charge in [-0.05, 0) is 31.1 Å². The van der Waals surface area contributed by atoms with E-state index in [1.807, 2.05) is 0 Å². The van der Waals surface area contributed by atoms with Gasteiger partial charge in [-0.25, -0.2) is 0 Å². The smallest absolute Gasteiger partial charge is 0.293 e. The first-order chi connectivity index (χ1) is 6.36. The number of rotatable bonds is 3. The zero-order chi connectivity index (χ0) is 9.52. The van der Waals surface area contributed by atoms with Crippen molar-refractivity contribution in [2.75, 3.05) is 13.2 Å². The third-order valence-corrected chi connectivity index (χ3v) is 2.45. The highest BCUT2D eigenvalue weighted by atomic mass is 16.5. The molecule has 0 saturated heterocycles. The third-order valence-electron chi connectivity index (χ3n) is 2.45. The van der Waals surface area contributed by atoms with Gasteiger partial charge in [-0.3, -0.25) is 4.79 Å². The number of ether oxygens (including phenoxy) is 1. The summed E-state index contributed by atoms with van der Waals surface area (Å²) in [6, 6.07) is 0. The molecule has 0 aromatic heterocycles. The number of allylic oxidation sites excluding steroid dienone is 2. The number of fused-ring (bicyclic) bond motifs is 2. The molecule has 2 atom stereocenters. The van der Waals surface area contributed by atoms with E-state index in [0.717, 1.165) is 11.8 Å². The fourth-order valence-electron chi connectivity index (χ4n) is 1.82. The maximum atomic E-state index is 9.23. The molecule has 1 N–H and O–H groups in total. The van der Waals surface area contributed by atoms with Crippen LogP contribution in [0.5, 0.6) is 0 Å². The van der Waals surface area contributed by atoms with E-state index in [4.69, 9.17) is 5.11 Å². The number of carbonyl (C=O) groups excluding carboxylic acids is 1. The van der Waals surface area contributed by atoms with Crippen molar-refractivity contribution in [3.63, 3.8) is 0 Å². The summed E-state index contributed by atoms with van der Waals surface area (Å²) >= 11 is 0. The normalized spacial score (nSPS) is 28.1. The fourth-order valence-corrected chi connectivity index (χ4v) is 1.82. The van der Waals surface area contributed by atoms with Gasteiger partial charge in [-0.1, -0.05) is 12.2 Å². The van der Waals surface area contributed by atoms with Crippen LogP contribution in [0.4, 0.5) is 0 Å². The molecule has 2 bridgehead atoms. The van der Waals surface area contributed by atoms with Crippen LogP contribution in [0.15, 0.2) is 12.2 Å². The molecule has 2 rings (SSSR count). The summed E-state index contributed by atoms with van der Waals surface area (Å²) in [6.07, 6.45) is 9.19. The summed E-state index contributed by atoms with van der Waals surface area (Å²) in [6.45, 7) is 0.304. The lowest BCUT2D eigenvalue weighted by Crippen LogP contribution is -1.95. The van der Waals surface area contributed by atoms with Crippen LogP contribution in [-0.2, 0) is 9.53 Å². The van der Waals surface area contributed by atoms with Gasteiger partial charge in [0.1, 0.15) is 6.61 Å². The van der Waals surface area contributed by atoms with Crippen molar-refractivity contribution in [3.05, 3.63) is 12.2 Å². The molecule has 0 spiro atoms. The average Bonchev–Trinajstić information content (AvgIpc) is 2.79. The second-order valence-corrected chi connectivity index (χ2v) is 3.41. The molecule has 0 radical (unpaired) electrons. The van der Waals surface area contributed by atoms with E-state index in [-0.39, 0.29) is 13.2 Å². The lowest BCUT2D eigenvalue weighted by molar-refractivity contribution is -0.129. The van der Waals surface area contributed by atoms with Gasteiger partial charge >= 0.3 is 0 Å². The molecule has 74 valence electrons.